The number of aryl methyl sites for hydroxylation is 1. The number of hydrogen-bond donors (Lipinski definition) is 1. The molecule has 3 atom stereocenters. The number of carbonyl (C=O) groups excluding carboxylic acids is 2. The Bertz CT molecular complexity index is 699. The fraction of sp³-hybridized carbons (Fsp3) is 0.800. The molecule has 7 nitrogen and oxygen atoms in total. The second kappa shape index (κ2) is 7.60. The van der Waals surface area contributed by atoms with Crippen LogP contribution >= 0.6 is 0 Å². The van der Waals surface area contributed by atoms with Crippen molar-refractivity contribution in [1.82, 2.24) is 20.4 Å². The van der Waals surface area contributed by atoms with Crippen molar-refractivity contribution in [3.8, 4) is 0 Å². The van der Waals surface area contributed by atoms with Crippen molar-refractivity contribution in [2.24, 2.45) is 17.8 Å². The second-order valence-corrected chi connectivity index (χ2v) is 9.01. The predicted molar refractivity (Wildman–Crippen MR) is 101 cm³/mol. The van der Waals surface area contributed by atoms with Gasteiger partial charge in [-0.15, -0.1) is 0 Å². The average molecular weight is 377 g/mol. The van der Waals surface area contributed by atoms with Crippen molar-refractivity contribution < 1.29 is 14.1 Å². The molecule has 0 aromatic carbocycles. The lowest BCUT2D eigenvalue weighted by molar-refractivity contribution is -0.134. The summed E-state index contributed by atoms with van der Waals surface area (Å²) in [5.74, 6) is 2.21. The first-order valence-electron chi connectivity index (χ1n) is 10.1. The largest absolute Gasteiger partial charge is 0.353 e. The van der Waals surface area contributed by atoms with Crippen molar-refractivity contribution >= 4 is 11.8 Å². The fourth-order valence-corrected chi connectivity index (χ4v) is 4.56. The van der Waals surface area contributed by atoms with Crippen LogP contribution in [0.5, 0.6) is 0 Å². The topological polar surface area (TPSA) is 88.3 Å². The lowest BCUT2D eigenvalue weighted by atomic mass is 9.80. The summed E-state index contributed by atoms with van der Waals surface area (Å²) in [4.78, 5) is 31.3. The molecule has 1 saturated carbocycles. The van der Waals surface area contributed by atoms with Gasteiger partial charge in [0.15, 0.2) is 5.82 Å². The number of amides is 2. The van der Waals surface area contributed by atoms with Gasteiger partial charge in [-0.25, -0.2) is 0 Å². The van der Waals surface area contributed by atoms with E-state index in [-0.39, 0.29) is 35.1 Å². The Kier molecular flexibility index (Phi) is 5.58. The van der Waals surface area contributed by atoms with E-state index in [2.05, 4.69) is 29.3 Å². The Labute approximate surface area is 161 Å². The van der Waals surface area contributed by atoms with E-state index in [0.29, 0.717) is 37.1 Å². The molecule has 2 amide bonds. The molecule has 150 valence electrons. The highest BCUT2D eigenvalue weighted by Crippen LogP contribution is 2.50. The molecule has 0 radical (unpaired) electrons. The number of nitrogens with one attached hydrogen (secondary N) is 1. The number of likely N-dealkylation sites (tertiary alicyclic amines) is 1. The van der Waals surface area contributed by atoms with E-state index in [1.807, 2.05) is 25.7 Å². The van der Waals surface area contributed by atoms with Gasteiger partial charge in [-0.2, -0.15) is 4.98 Å². The van der Waals surface area contributed by atoms with Crippen molar-refractivity contribution in [3.63, 3.8) is 0 Å². The van der Waals surface area contributed by atoms with Crippen LogP contribution in [0.25, 0.3) is 0 Å². The van der Waals surface area contributed by atoms with Crippen LogP contribution in [-0.4, -0.2) is 46.0 Å². The fourth-order valence-electron chi connectivity index (χ4n) is 4.56. The van der Waals surface area contributed by atoms with E-state index in [9.17, 15) is 9.59 Å². The molecule has 1 aromatic heterocycles. The molecule has 0 unspecified atom stereocenters. The van der Waals surface area contributed by atoms with Gasteiger partial charge in [0.1, 0.15) is 0 Å². The molecule has 1 aliphatic carbocycles. The van der Waals surface area contributed by atoms with Gasteiger partial charge in [0.2, 0.25) is 17.7 Å². The maximum absolute atomic E-state index is 12.6. The molecular weight excluding hydrogens is 344 g/mol. The monoisotopic (exact) mass is 376 g/mol. The summed E-state index contributed by atoms with van der Waals surface area (Å²) in [5, 5.41) is 7.18. The van der Waals surface area contributed by atoms with Gasteiger partial charge in [-0.1, -0.05) is 32.9 Å². The predicted octanol–water partition coefficient (Wildman–Crippen LogP) is 2.45. The number of nitrogens with zero attached hydrogens (tertiary/aromatic N) is 3. The van der Waals surface area contributed by atoms with E-state index in [0.717, 1.165) is 19.3 Å². The zero-order valence-electron chi connectivity index (χ0n) is 17.1. The Morgan fingerprint density at radius 1 is 1.33 bits per heavy atom. The van der Waals surface area contributed by atoms with Gasteiger partial charge in [0.25, 0.3) is 0 Å². The van der Waals surface area contributed by atoms with Gasteiger partial charge in [-0.05, 0) is 38.0 Å². The molecule has 2 heterocycles. The van der Waals surface area contributed by atoms with E-state index in [1.54, 1.807) is 0 Å². The highest BCUT2D eigenvalue weighted by molar-refractivity contribution is 5.79. The molecule has 2 aliphatic rings. The van der Waals surface area contributed by atoms with E-state index in [1.165, 1.54) is 0 Å². The minimum absolute atomic E-state index is 0.0307. The van der Waals surface area contributed by atoms with Crippen LogP contribution in [0.4, 0.5) is 0 Å². The zero-order chi connectivity index (χ0) is 19.8. The zero-order valence-corrected chi connectivity index (χ0v) is 17.1. The van der Waals surface area contributed by atoms with E-state index >= 15 is 0 Å². The van der Waals surface area contributed by atoms with Crippen LogP contribution in [0.1, 0.15) is 65.1 Å². The minimum Gasteiger partial charge on any atom is -0.353 e. The summed E-state index contributed by atoms with van der Waals surface area (Å²) >= 11 is 0. The first kappa shape index (κ1) is 19.8. The van der Waals surface area contributed by atoms with Gasteiger partial charge < -0.3 is 14.7 Å². The Morgan fingerprint density at radius 3 is 2.67 bits per heavy atom. The quantitative estimate of drug-likeness (QED) is 0.824. The third-order valence-electron chi connectivity index (χ3n) is 5.95. The highest BCUT2D eigenvalue weighted by Gasteiger charge is 2.58. The molecule has 1 aliphatic heterocycles. The van der Waals surface area contributed by atoms with Crippen molar-refractivity contribution in [1.29, 1.82) is 0 Å². The van der Waals surface area contributed by atoms with Crippen molar-refractivity contribution in [2.45, 2.75) is 71.8 Å². The number of aromatic nitrogens is 2. The Balaban J connectivity index is 1.75. The van der Waals surface area contributed by atoms with Gasteiger partial charge in [0.05, 0.1) is 5.41 Å². The molecule has 3 rings (SSSR count). The van der Waals surface area contributed by atoms with E-state index < -0.39 is 0 Å². The molecule has 1 saturated heterocycles. The van der Waals surface area contributed by atoms with Crippen LogP contribution in [0.15, 0.2) is 4.52 Å². The van der Waals surface area contributed by atoms with Gasteiger partial charge in [-0.3, -0.25) is 9.59 Å². The van der Waals surface area contributed by atoms with Crippen LogP contribution in [0.3, 0.4) is 0 Å². The SMILES string of the molecule is Cc1noc([C@]23C[C@H](NC(=O)CCC(C)C)C[C@H]2CN(C(=O)C(C)C)C3)n1. The Hall–Kier alpha value is -1.92. The Morgan fingerprint density at radius 2 is 2.07 bits per heavy atom. The lowest BCUT2D eigenvalue weighted by Gasteiger charge is -2.26. The first-order chi connectivity index (χ1) is 12.7. The summed E-state index contributed by atoms with van der Waals surface area (Å²) in [7, 11) is 0. The van der Waals surface area contributed by atoms with Crippen molar-refractivity contribution in [2.75, 3.05) is 13.1 Å². The maximum Gasteiger partial charge on any atom is 0.235 e. The molecule has 0 bridgehead atoms. The van der Waals surface area contributed by atoms with Crippen LogP contribution < -0.4 is 5.32 Å². The normalized spacial score (nSPS) is 27.4. The molecule has 27 heavy (non-hydrogen) atoms. The summed E-state index contributed by atoms with van der Waals surface area (Å²) in [6, 6.07) is 0.0955. The molecule has 7 heteroatoms. The van der Waals surface area contributed by atoms with Crippen LogP contribution in [0, 0.1) is 24.7 Å². The molecule has 1 N–H and O–H groups in total. The number of fused-ring (bicyclic) bond motifs is 1. The summed E-state index contributed by atoms with van der Waals surface area (Å²) in [6.07, 6.45) is 3.04. The summed E-state index contributed by atoms with van der Waals surface area (Å²) < 4.78 is 5.56. The van der Waals surface area contributed by atoms with Crippen LogP contribution in [-0.2, 0) is 15.0 Å². The smallest absolute Gasteiger partial charge is 0.235 e. The van der Waals surface area contributed by atoms with Crippen molar-refractivity contribution in [3.05, 3.63) is 11.7 Å². The number of rotatable bonds is 6. The molecular formula is C20H32N4O3. The number of carbonyl (C=O) groups is 2. The van der Waals surface area contributed by atoms with Crippen LogP contribution in [0.2, 0.25) is 0 Å². The number of hydrogen-bond acceptors (Lipinski definition) is 5. The van der Waals surface area contributed by atoms with E-state index in [4.69, 9.17) is 4.52 Å². The molecule has 1 aromatic rings. The molecule has 2 fully saturated rings. The maximum atomic E-state index is 12.6. The lowest BCUT2D eigenvalue weighted by Crippen LogP contribution is -2.40. The summed E-state index contributed by atoms with van der Waals surface area (Å²) in [5.41, 5.74) is -0.345. The first-order valence-corrected chi connectivity index (χ1v) is 10.1. The standard InChI is InChI=1S/C20H32N4O3/c1-12(2)6-7-17(25)22-16-8-15-10-24(18(26)13(3)4)11-20(15,9-16)19-21-14(5)23-27-19/h12-13,15-16H,6-11H2,1-5H3,(H,22,25)/t15-,16+,20-/m0/s1. The third kappa shape index (κ3) is 4.01. The highest BCUT2D eigenvalue weighted by atomic mass is 16.5. The van der Waals surface area contributed by atoms with Gasteiger partial charge >= 0.3 is 0 Å². The molecule has 0 spiro atoms. The third-order valence-corrected chi connectivity index (χ3v) is 5.95. The summed E-state index contributed by atoms with van der Waals surface area (Å²) in [6.45, 7) is 11.2. The van der Waals surface area contributed by atoms with Gasteiger partial charge in [0, 0.05) is 31.5 Å². The minimum atomic E-state index is -0.345. The average Bonchev–Trinajstić information content (AvgIpc) is 3.24. The second-order valence-electron chi connectivity index (χ2n) is 9.01.